The van der Waals surface area contributed by atoms with Crippen LogP contribution in [0.25, 0.3) is 5.65 Å². The second-order valence-electron chi connectivity index (χ2n) is 5.58. The Morgan fingerprint density at radius 3 is 3.24 bits per heavy atom. The maximum atomic E-state index is 5.10. The Morgan fingerprint density at radius 2 is 2.33 bits per heavy atom. The summed E-state index contributed by atoms with van der Waals surface area (Å²) in [6.07, 6.45) is 7.74. The van der Waals surface area contributed by atoms with Gasteiger partial charge in [-0.25, -0.2) is 4.98 Å². The molecular formula is C16H24N4O. The molecule has 1 aliphatic heterocycles. The zero-order chi connectivity index (χ0) is 14.5. The molecule has 1 atom stereocenters. The lowest BCUT2D eigenvalue weighted by molar-refractivity contribution is 0.198. The largest absolute Gasteiger partial charge is 0.383 e. The summed E-state index contributed by atoms with van der Waals surface area (Å²) in [6, 6.07) is 6.90. The second kappa shape index (κ2) is 6.91. The molecule has 1 aliphatic rings. The highest BCUT2D eigenvalue weighted by molar-refractivity contribution is 5.52. The lowest BCUT2D eigenvalue weighted by atomic mass is 10.0. The third-order valence-electron chi connectivity index (χ3n) is 4.19. The van der Waals surface area contributed by atoms with Crippen LogP contribution in [0.5, 0.6) is 0 Å². The highest BCUT2D eigenvalue weighted by Crippen LogP contribution is 2.25. The standard InChI is InChI=1S/C16H24N4O/c1-21-12-9-17-13-14-5-2-3-10-19(14)16-7-4-6-15-18-8-11-20(15)16/h4,6-8,11,14,17H,2-3,5,9-10,12-13H2,1H3. The maximum Gasteiger partial charge on any atom is 0.138 e. The minimum atomic E-state index is 0.545. The molecule has 1 saturated heterocycles. The molecule has 2 aromatic heterocycles. The molecule has 114 valence electrons. The maximum absolute atomic E-state index is 5.10. The van der Waals surface area contributed by atoms with E-state index in [1.165, 1.54) is 25.1 Å². The summed E-state index contributed by atoms with van der Waals surface area (Å²) in [6.45, 7) is 3.81. The summed E-state index contributed by atoms with van der Waals surface area (Å²) in [7, 11) is 1.74. The SMILES string of the molecule is COCCNCC1CCCCN1c1cccc2nccn12. The molecule has 0 saturated carbocycles. The van der Waals surface area contributed by atoms with Crippen molar-refractivity contribution in [2.24, 2.45) is 0 Å². The van der Waals surface area contributed by atoms with Crippen LogP contribution in [0, 0.1) is 0 Å². The van der Waals surface area contributed by atoms with Crippen LogP contribution in [0.4, 0.5) is 5.82 Å². The Kier molecular flexibility index (Phi) is 4.72. The fourth-order valence-electron chi connectivity index (χ4n) is 3.12. The molecule has 0 bridgehead atoms. The first-order valence-corrected chi connectivity index (χ1v) is 7.78. The highest BCUT2D eigenvalue weighted by atomic mass is 16.5. The number of nitrogens with one attached hydrogen (secondary N) is 1. The van der Waals surface area contributed by atoms with Gasteiger partial charge in [-0.15, -0.1) is 0 Å². The topological polar surface area (TPSA) is 41.8 Å². The van der Waals surface area contributed by atoms with Gasteiger partial charge >= 0.3 is 0 Å². The lowest BCUT2D eigenvalue weighted by Gasteiger charge is -2.38. The molecule has 1 unspecified atom stereocenters. The smallest absolute Gasteiger partial charge is 0.138 e. The number of rotatable bonds is 6. The molecule has 0 radical (unpaired) electrons. The first kappa shape index (κ1) is 14.4. The molecule has 5 heteroatoms. The van der Waals surface area contributed by atoms with Gasteiger partial charge in [-0.05, 0) is 31.4 Å². The Bertz CT molecular complexity index is 568. The van der Waals surface area contributed by atoms with E-state index in [0.29, 0.717) is 6.04 Å². The van der Waals surface area contributed by atoms with Crippen molar-refractivity contribution in [2.45, 2.75) is 25.3 Å². The summed E-state index contributed by atoms with van der Waals surface area (Å²) in [5.41, 5.74) is 1.02. The number of ether oxygens (including phenoxy) is 1. The van der Waals surface area contributed by atoms with Gasteiger partial charge in [0.05, 0.1) is 6.61 Å². The van der Waals surface area contributed by atoms with Gasteiger partial charge in [-0.3, -0.25) is 4.40 Å². The first-order valence-electron chi connectivity index (χ1n) is 7.78. The summed E-state index contributed by atoms with van der Waals surface area (Å²) in [5.74, 6) is 1.25. The fourth-order valence-corrected chi connectivity index (χ4v) is 3.12. The van der Waals surface area contributed by atoms with E-state index in [9.17, 15) is 0 Å². The third kappa shape index (κ3) is 3.19. The van der Waals surface area contributed by atoms with Gasteiger partial charge in [0.25, 0.3) is 0 Å². The van der Waals surface area contributed by atoms with Crippen molar-refractivity contribution >= 4 is 11.5 Å². The van der Waals surface area contributed by atoms with Crippen LogP contribution in [-0.2, 0) is 4.74 Å². The van der Waals surface area contributed by atoms with Gasteiger partial charge in [-0.2, -0.15) is 0 Å². The zero-order valence-electron chi connectivity index (χ0n) is 12.7. The van der Waals surface area contributed by atoms with Crippen molar-refractivity contribution in [2.75, 3.05) is 38.3 Å². The van der Waals surface area contributed by atoms with E-state index >= 15 is 0 Å². The molecule has 1 fully saturated rings. The number of fused-ring (bicyclic) bond motifs is 1. The number of nitrogens with zero attached hydrogens (tertiary/aromatic N) is 3. The monoisotopic (exact) mass is 288 g/mol. The highest BCUT2D eigenvalue weighted by Gasteiger charge is 2.23. The Labute approximate surface area is 125 Å². The fraction of sp³-hybridized carbons (Fsp3) is 0.562. The van der Waals surface area contributed by atoms with Gasteiger partial charge in [-0.1, -0.05) is 6.07 Å². The molecule has 21 heavy (non-hydrogen) atoms. The normalized spacial score (nSPS) is 19.3. The number of aromatic nitrogens is 2. The second-order valence-corrected chi connectivity index (χ2v) is 5.58. The predicted molar refractivity (Wildman–Crippen MR) is 84.9 cm³/mol. The average Bonchev–Trinajstić information content (AvgIpc) is 3.00. The van der Waals surface area contributed by atoms with Crippen molar-refractivity contribution < 1.29 is 4.74 Å². The van der Waals surface area contributed by atoms with Crippen molar-refractivity contribution in [1.29, 1.82) is 0 Å². The Balaban J connectivity index is 1.75. The van der Waals surface area contributed by atoms with E-state index in [4.69, 9.17) is 4.74 Å². The third-order valence-corrected chi connectivity index (χ3v) is 4.19. The van der Waals surface area contributed by atoms with Crippen LogP contribution < -0.4 is 10.2 Å². The van der Waals surface area contributed by atoms with Crippen molar-refractivity contribution in [1.82, 2.24) is 14.7 Å². The van der Waals surface area contributed by atoms with Gasteiger partial charge in [0.15, 0.2) is 0 Å². The molecule has 0 aliphatic carbocycles. The molecule has 2 aromatic rings. The number of methoxy groups -OCH3 is 1. The van der Waals surface area contributed by atoms with E-state index in [0.717, 1.165) is 31.9 Å². The summed E-state index contributed by atoms with van der Waals surface area (Å²) >= 11 is 0. The van der Waals surface area contributed by atoms with Crippen molar-refractivity contribution in [3.8, 4) is 0 Å². The molecule has 0 spiro atoms. The first-order chi connectivity index (χ1) is 10.4. The summed E-state index contributed by atoms with van der Waals surface area (Å²) in [4.78, 5) is 6.92. The molecule has 3 rings (SSSR count). The number of imidazole rings is 1. The summed E-state index contributed by atoms with van der Waals surface area (Å²) < 4.78 is 7.29. The molecule has 0 aromatic carbocycles. The van der Waals surface area contributed by atoms with Crippen molar-refractivity contribution in [3.05, 3.63) is 30.6 Å². The van der Waals surface area contributed by atoms with Crippen LogP contribution >= 0.6 is 0 Å². The van der Waals surface area contributed by atoms with Gasteiger partial charge in [0.2, 0.25) is 0 Å². The van der Waals surface area contributed by atoms with Crippen LogP contribution in [0.2, 0.25) is 0 Å². The quantitative estimate of drug-likeness (QED) is 0.825. The number of pyridine rings is 1. The number of anilines is 1. The van der Waals surface area contributed by atoms with Gasteiger partial charge in [0.1, 0.15) is 11.5 Å². The van der Waals surface area contributed by atoms with Crippen LogP contribution in [0.1, 0.15) is 19.3 Å². The molecular weight excluding hydrogens is 264 g/mol. The Hall–Kier alpha value is -1.59. The van der Waals surface area contributed by atoms with Crippen LogP contribution in [0.15, 0.2) is 30.6 Å². The molecule has 1 N–H and O–H groups in total. The van der Waals surface area contributed by atoms with E-state index in [1.807, 2.05) is 6.20 Å². The van der Waals surface area contributed by atoms with E-state index in [-0.39, 0.29) is 0 Å². The number of hydrogen-bond acceptors (Lipinski definition) is 4. The number of piperidine rings is 1. The zero-order valence-corrected chi connectivity index (χ0v) is 12.7. The van der Waals surface area contributed by atoms with E-state index in [2.05, 4.69) is 44.0 Å². The average molecular weight is 288 g/mol. The van der Waals surface area contributed by atoms with Crippen molar-refractivity contribution in [3.63, 3.8) is 0 Å². The number of hydrogen-bond donors (Lipinski definition) is 1. The van der Waals surface area contributed by atoms with Crippen LogP contribution in [0.3, 0.4) is 0 Å². The van der Waals surface area contributed by atoms with E-state index in [1.54, 1.807) is 7.11 Å². The molecule has 0 amide bonds. The lowest BCUT2D eigenvalue weighted by Crippen LogP contribution is -2.46. The van der Waals surface area contributed by atoms with Crippen LogP contribution in [-0.4, -0.2) is 48.8 Å². The molecule has 3 heterocycles. The molecule has 5 nitrogen and oxygen atoms in total. The minimum absolute atomic E-state index is 0.545. The minimum Gasteiger partial charge on any atom is -0.383 e. The predicted octanol–water partition coefficient (Wildman–Crippen LogP) is 1.93. The Morgan fingerprint density at radius 1 is 1.38 bits per heavy atom. The van der Waals surface area contributed by atoms with E-state index < -0.39 is 0 Å². The van der Waals surface area contributed by atoms with Gasteiger partial charge in [0, 0.05) is 45.2 Å². The van der Waals surface area contributed by atoms with Gasteiger partial charge < -0.3 is 15.0 Å². The summed E-state index contributed by atoms with van der Waals surface area (Å²) in [5, 5.41) is 3.51.